The van der Waals surface area contributed by atoms with E-state index in [2.05, 4.69) is 21.5 Å². The van der Waals surface area contributed by atoms with Gasteiger partial charge in [-0.3, -0.25) is 0 Å². The lowest BCUT2D eigenvalue weighted by atomic mass is 10.2. The molecule has 2 aromatic rings. The first-order chi connectivity index (χ1) is 5.27. The van der Waals surface area contributed by atoms with Crippen LogP contribution in [0.3, 0.4) is 0 Å². The molecule has 0 aliphatic heterocycles. The number of aromatic nitrogens is 3. The molecule has 0 saturated heterocycles. The van der Waals surface area contributed by atoms with E-state index in [-0.39, 0.29) is 0 Å². The van der Waals surface area contributed by atoms with Gasteiger partial charge in [0.05, 0.1) is 4.70 Å². The van der Waals surface area contributed by atoms with E-state index in [0.717, 1.165) is 16.0 Å². The van der Waals surface area contributed by atoms with E-state index in [1.165, 1.54) is 17.1 Å². The molecule has 0 spiro atoms. The molecular formula is C7H7N3S. The highest BCUT2D eigenvalue weighted by Crippen LogP contribution is 2.18. The van der Waals surface area contributed by atoms with Gasteiger partial charge in [-0.1, -0.05) is 4.49 Å². The fourth-order valence-corrected chi connectivity index (χ4v) is 1.66. The predicted octanol–water partition coefficient (Wildman–Crippen LogP) is 1.70. The van der Waals surface area contributed by atoms with E-state index in [1.54, 1.807) is 0 Å². The second-order valence-electron chi connectivity index (χ2n) is 2.51. The van der Waals surface area contributed by atoms with Gasteiger partial charge in [-0.2, -0.15) is 0 Å². The summed E-state index contributed by atoms with van der Waals surface area (Å²) in [7, 11) is 0. The highest BCUT2D eigenvalue weighted by atomic mass is 32.1. The second kappa shape index (κ2) is 2.23. The maximum atomic E-state index is 4.23. The van der Waals surface area contributed by atoms with Crippen molar-refractivity contribution in [1.82, 2.24) is 14.6 Å². The fourth-order valence-electron chi connectivity index (χ4n) is 1.09. The average Bonchev–Trinajstić information content (AvgIpc) is 2.34. The third-order valence-corrected chi connectivity index (χ3v) is 2.39. The van der Waals surface area contributed by atoms with Crippen LogP contribution < -0.4 is 0 Å². The molecule has 0 fully saturated rings. The summed E-state index contributed by atoms with van der Waals surface area (Å²) in [6.45, 7) is 4.02. The van der Waals surface area contributed by atoms with Gasteiger partial charge in [0.2, 0.25) is 0 Å². The normalized spacial score (nSPS) is 10.7. The van der Waals surface area contributed by atoms with Gasteiger partial charge in [-0.25, -0.2) is 4.98 Å². The van der Waals surface area contributed by atoms with Gasteiger partial charge in [0.15, 0.2) is 5.65 Å². The quantitative estimate of drug-likeness (QED) is 0.596. The van der Waals surface area contributed by atoms with Crippen LogP contribution >= 0.6 is 11.5 Å². The van der Waals surface area contributed by atoms with Crippen LogP contribution in [0.1, 0.15) is 11.3 Å². The van der Waals surface area contributed by atoms with Gasteiger partial charge in [-0.15, -0.1) is 5.10 Å². The van der Waals surface area contributed by atoms with E-state index in [0.29, 0.717) is 0 Å². The molecule has 0 amide bonds. The Kier molecular flexibility index (Phi) is 1.35. The maximum Gasteiger partial charge on any atom is 0.194 e. The van der Waals surface area contributed by atoms with Crippen molar-refractivity contribution in [3.05, 3.63) is 17.3 Å². The zero-order valence-corrected chi connectivity index (χ0v) is 7.14. The summed E-state index contributed by atoms with van der Waals surface area (Å²) < 4.78 is 4.93. The molecule has 4 heteroatoms. The van der Waals surface area contributed by atoms with Crippen molar-refractivity contribution < 1.29 is 0 Å². The van der Waals surface area contributed by atoms with Crippen LogP contribution in [-0.4, -0.2) is 14.6 Å². The van der Waals surface area contributed by atoms with Gasteiger partial charge < -0.3 is 0 Å². The van der Waals surface area contributed by atoms with Crippen molar-refractivity contribution in [2.24, 2.45) is 0 Å². The van der Waals surface area contributed by atoms with Crippen molar-refractivity contribution in [2.45, 2.75) is 13.8 Å². The summed E-state index contributed by atoms with van der Waals surface area (Å²) in [4.78, 5) is 4.23. The molecule has 0 bridgehead atoms. The highest BCUT2D eigenvalue weighted by molar-refractivity contribution is 7.13. The number of rotatable bonds is 0. The van der Waals surface area contributed by atoms with E-state index < -0.39 is 0 Å². The summed E-state index contributed by atoms with van der Waals surface area (Å²) in [6.07, 6.45) is 0. The van der Waals surface area contributed by atoms with Gasteiger partial charge in [0.1, 0.15) is 0 Å². The van der Waals surface area contributed by atoms with Crippen molar-refractivity contribution in [2.75, 3.05) is 0 Å². The SMILES string of the molecule is Cc1cc(C)c2snnc2n1. The molecule has 2 rings (SSSR count). The number of pyridine rings is 1. The van der Waals surface area contributed by atoms with Gasteiger partial charge in [0.25, 0.3) is 0 Å². The standard InChI is InChI=1S/C7H7N3S/c1-4-3-5(2)8-7-6(4)11-10-9-7/h3H,1-2H3. The third kappa shape index (κ3) is 0.991. The Hall–Kier alpha value is -1.03. The van der Waals surface area contributed by atoms with Gasteiger partial charge >= 0.3 is 0 Å². The number of fused-ring (bicyclic) bond motifs is 1. The van der Waals surface area contributed by atoms with Crippen molar-refractivity contribution in [3.8, 4) is 0 Å². The number of aryl methyl sites for hydroxylation is 2. The first kappa shape index (κ1) is 6.67. The molecule has 0 atom stereocenters. The Morgan fingerprint density at radius 1 is 1.36 bits per heavy atom. The monoisotopic (exact) mass is 165 g/mol. The summed E-state index contributed by atoms with van der Waals surface area (Å²) in [5.74, 6) is 0. The third-order valence-electron chi connectivity index (χ3n) is 1.54. The van der Waals surface area contributed by atoms with Crippen molar-refractivity contribution in [1.29, 1.82) is 0 Å². The minimum Gasteiger partial charge on any atom is -0.231 e. The summed E-state index contributed by atoms with van der Waals surface area (Å²) in [5.41, 5.74) is 2.98. The lowest BCUT2D eigenvalue weighted by Crippen LogP contribution is -1.84. The lowest BCUT2D eigenvalue weighted by molar-refractivity contribution is 1.13. The maximum absolute atomic E-state index is 4.23. The molecule has 0 aromatic carbocycles. The first-order valence-electron chi connectivity index (χ1n) is 3.33. The Morgan fingerprint density at radius 2 is 2.18 bits per heavy atom. The highest BCUT2D eigenvalue weighted by Gasteiger charge is 2.02. The van der Waals surface area contributed by atoms with E-state index >= 15 is 0 Å². The van der Waals surface area contributed by atoms with Crippen LogP contribution in [0.2, 0.25) is 0 Å². The smallest absolute Gasteiger partial charge is 0.194 e. The zero-order valence-electron chi connectivity index (χ0n) is 6.33. The van der Waals surface area contributed by atoms with Crippen LogP contribution in [0.5, 0.6) is 0 Å². The van der Waals surface area contributed by atoms with Crippen LogP contribution in [-0.2, 0) is 0 Å². The molecule has 0 N–H and O–H groups in total. The lowest BCUT2D eigenvalue weighted by Gasteiger charge is -1.93. The summed E-state index contributed by atoms with van der Waals surface area (Å²) >= 11 is 1.40. The predicted molar refractivity (Wildman–Crippen MR) is 44.7 cm³/mol. The van der Waals surface area contributed by atoms with E-state index in [9.17, 15) is 0 Å². The summed E-state index contributed by atoms with van der Waals surface area (Å²) in [5, 5.41) is 3.90. The fraction of sp³-hybridized carbons (Fsp3) is 0.286. The van der Waals surface area contributed by atoms with Crippen LogP contribution in [0, 0.1) is 13.8 Å². The minimum absolute atomic E-state index is 0.771. The van der Waals surface area contributed by atoms with Crippen LogP contribution in [0.15, 0.2) is 6.07 Å². The Bertz CT molecular complexity index is 393. The molecule has 0 saturated carbocycles. The molecular weight excluding hydrogens is 158 g/mol. The molecule has 2 aromatic heterocycles. The van der Waals surface area contributed by atoms with E-state index in [4.69, 9.17) is 0 Å². The Labute approximate surface area is 68.3 Å². The van der Waals surface area contributed by atoms with E-state index in [1.807, 2.05) is 13.0 Å². The number of hydrogen-bond donors (Lipinski definition) is 0. The van der Waals surface area contributed by atoms with Crippen LogP contribution in [0.25, 0.3) is 10.3 Å². The Morgan fingerprint density at radius 3 is 3.00 bits per heavy atom. The number of hydrogen-bond acceptors (Lipinski definition) is 4. The van der Waals surface area contributed by atoms with Crippen molar-refractivity contribution >= 4 is 21.9 Å². The molecule has 0 unspecified atom stereocenters. The van der Waals surface area contributed by atoms with Gasteiger partial charge in [0, 0.05) is 5.69 Å². The molecule has 56 valence electrons. The summed E-state index contributed by atoms with van der Waals surface area (Å²) in [6, 6.07) is 2.04. The average molecular weight is 165 g/mol. The largest absolute Gasteiger partial charge is 0.231 e. The first-order valence-corrected chi connectivity index (χ1v) is 4.11. The molecule has 2 heterocycles. The van der Waals surface area contributed by atoms with Crippen molar-refractivity contribution in [3.63, 3.8) is 0 Å². The zero-order chi connectivity index (χ0) is 7.84. The second-order valence-corrected chi connectivity index (χ2v) is 3.26. The number of nitrogens with zero attached hydrogens (tertiary/aromatic N) is 3. The minimum atomic E-state index is 0.771. The molecule has 0 aliphatic rings. The molecule has 11 heavy (non-hydrogen) atoms. The van der Waals surface area contributed by atoms with Gasteiger partial charge in [-0.05, 0) is 37.0 Å². The molecule has 0 aliphatic carbocycles. The van der Waals surface area contributed by atoms with Crippen LogP contribution in [0.4, 0.5) is 0 Å². The molecule has 0 radical (unpaired) electrons. The molecule has 3 nitrogen and oxygen atoms in total. The Balaban J connectivity index is 2.91. The topological polar surface area (TPSA) is 38.7 Å².